The number of hydrogen-bond acceptors (Lipinski definition) is 3. The molecular formula is C16H23N3O. The summed E-state index contributed by atoms with van der Waals surface area (Å²) in [7, 11) is 3.77. The largest absolute Gasteiger partial charge is 0.345 e. The second kappa shape index (κ2) is 8.34. The summed E-state index contributed by atoms with van der Waals surface area (Å²) in [5.41, 5.74) is 2.51. The summed E-state index contributed by atoms with van der Waals surface area (Å²) >= 11 is 0. The number of nitrogens with zero attached hydrogens (tertiary/aromatic N) is 3. The van der Waals surface area contributed by atoms with Gasteiger partial charge in [-0.2, -0.15) is 5.26 Å². The maximum Gasteiger partial charge on any atom is 0.223 e. The lowest BCUT2D eigenvalue weighted by Crippen LogP contribution is -2.31. The summed E-state index contributed by atoms with van der Waals surface area (Å²) in [5.74, 6) is 0.0938. The Morgan fingerprint density at radius 2 is 2.05 bits per heavy atom. The molecule has 0 unspecified atom stereocenters. The third-order valence-electron chi connectivity index (χ3n) is 3.23. The molecule has 1 aromatic carbocycles. The van der Waals surface area contributed by atoms with E-state index in [4.69, 9.17) is 5.26 Å². The fourth-order valence-electron chi connectivity index (χ4n) is 2.02. The summed E-state index contributed by atoms with van der Waals surface area (Å²) in [6, 6.07) is 10.5. The third-order valence-corrected chi connectivity index (χ3v) is 3.23. The monoisotopic (exact) mass is 273 g/mol. The number of hydrogen-bond donors (Lipinski definition) is 0. The molecule has 0 aromatic heterocycles. The van der Waals surface area contributed by atoms with Gasteiger partial charge in [0.25, 0.3) is 0 Å². The summed E-state index contributed by atoms with van der Waals surface area (Å²) in [4.78, 5) is 15.6. The van der Waals surface area contributed by atoms with E-state index in [-0.39, 0.29) is 5.91 Å². The number of rotatable bonds is 7. The average molecular weight is 273 g/mol. The first-order valence-electron chi connectivity index (χ1n) is 6.88. The number of aryl methyl sites for hydroxylation is 1. The zero-order valence-electron chi connectivity index (χ0n) is 12.6. The van der Waals surface area contributed by atoms with Crippen LogP contribution in [-0.2, 0) is 11.3 Å². The minimum absolute atomic E-state index is 0.0938. The topological polar surface area (TPSA) is 47.3 Å². The van der Waals surface area contributed by atoms with Gasteiger partial charge in [0.05, 0.1) is 12.5 Å². The van der Waals surface area contributed by atoms with E-state index in [2.05, 4.69) is 42.2 Å². The van der Waals surface area contributed by atoms with E-state index in [1.165, 1.54) is 11.1 Å². The summed E-state index contributed by atoms with van der Waals surface area (Å²) in [6.07, 6.45) is 0.881. The normalized spacial score (nSPS) is 10.3. The van der Waals surface area contributed by atoms with Crippen molar-refractivity contribution in [3.05, 3.63) is 35.4 Å². The van der Waals surface area contributed by atoms with Crippen LogP contribution >= 0.6 is 0 Å². The van der Waals surface area contributed by atoms with E-state index in [9.17, 15) is 4.79 Å². The summed E-state index contributed by atoms with van der Waals surface area (Å²) in [5, 5.41) is 8.51. The highest BCUT2D eigenvalue weighted by Gasteiger charge is 2.09. The highest BCUT2D eigenvalue weighted by molar-refractivity contribution is 5.76. The summed E-state index contributed by atoms with van der Waals surface area (Å²) in [6.45, 7) is 4.16. The van der Waals surface area contributed by atoms with Crippen molar-refractivity contribution in [3.8, 4) is 6.07 Å². The molecule has 1 rings (SSSR count). The Kier molecular flexibility index (Phi) is 6.75. The summed E-state index contributed by atoms with van der Waals surface area (Å²) < 4.78 is 0. The van der Waals surface area contributed by atoms with Crippen LogP contribution in [0.3, 0.4) is 0 Å². The molecule has 4 nitrogen and oxygen atoms in total. The van der Waals surface area contributed by atoms with Gasteiger partial charge in [0.2, 0.25) is 5.91 Å². The van der Waals surface area contributed by atoms with Gasteiger partial charge in [-0.3, -0.25) is 4.79 Å². The van der Waals surface area contributed by atoms with Gasteiger partial charge in [0.15, 0.2) is 0 Å². The van der Waals surface area contributed by atoms with Crippen LogP contribution in [0.25, 0.3) is 0 Å². The molecule has 0 fully saturated rings. The van der Waals surface area contributed by atoms with Crippen molar-refractivity contribution in [1.29, 1.82) is 5.26 Å². The van der Waals surface area contributed by atoms with Crippen LogP contribution in [0.5, 0.6) is 0 Å². The van der Waals surface area contributed by atoms with Crippen molar-refractivity contribution in [1.82, 2.24) is 9.80 Å². The molecule has 0 spiro atoms. The third kappa shape index (κ3) is 5.85. The molecule has 0 saturated carbocycles. The van der Waals surface area contributed by atoms with Gasteiger partial charge in [-0.05, 0) is 19.5 Å². The van der Waals surface area contributed by atoms with Gasteiger partial charge in [-0.15, -0.1) is 0 Å². The molecule has 0 N–H and O–H groups in total. The first kappa shape index (κ1) is 16.2. The van der Waals surface area contributed by atoms with Crippen LogP contribution in [0.1, 0.15) is 24.0 Å². The Morgan fingerprint density at radius 1 is 1.30 bits per heavy atom. The Bertz CT molecular complexity index is 479. The first-order valence-corrected chi connectivity index (χ1v) is 6.88. The number of nitriles is 1. The van der Waals surface area contributed by atoms with Crippen molar-refractivity contribution in [3.63, 3.8) is 0 Å². The minimum Gasteiger partial charge on any atom is -0.345 e. The highest BCUT2D eigenvalue weighted by atomic mass is 16.2. The Hall–Kier alpha value is -1.86. The van der Waals surface area contributed by atoms with Crippen molar-refractivity contribution in [2.45, 2.75) is 26.3 Å². The Labute approximate surface area is 121 Å². The second-order valence-corrected chi connectivity index (χ2v) is 5.20. The van der Waals surface area contributed by atoms with E-state index in [1.807, 2.05) is 7.05 Å². The van der Waals surface area contributed by atoms with E-state index in [0.717, 1.165) is 13.1 Å². The predicted molar refractivity (Wildman–Crippen MR) is 80.0 cm³/mol. The van der Waals surface area contributed by atoms with Crippen LogP contribution in [0.4, 0.5) is 0 Å². The molecule has 0 bridgehead atoms. The first-order chi connectivity index (χ1) is 9.52. The Morgan fingerprint density at radius 3 is 2.70 bits per heavy atom. The van der Waals surface area contributed by atoms with Crippen molar-refractivity contribution in [2.24, 2.45) is 0 Å². The standard InChI is InChI=1S/C16H23N3O/c1-14-6-4-7-15(12-14)13-18(2)11-8-16(20)19(3)10-5-9-17/h4,6-7,12H,5,8,10-11,13H2,1-3H3. The maximum absolute atomic E-state index is 11.8. The average Bonchev–Trinajstić information content (AvgIpc) is 2.42. The van der Waals surface area contributed by atoms with Crippen molar-refractivity contribution in [2.75, 3.05) is 27.2 Å². The molecule has 1 amide bonds. The fraction of sp³-hybridized carbons (Fsp3) is 0.500. The molecule has 0 heterocycles. The van der Waals surface area contributed by atoms with Gasteiger partial charge in [-0.1, -0.05) is 29.8 Å². The molecule has 4 heteroatoms. The van der Waals surface area contributed by atoms with Gasteiger partial charge in [0, 0.05) is 33.1 Å². The van der Waals surface area contributed by atoms with Crippen LogP contribution in [0, 0.1) is 18.3 Å². The smallest absolute Gasteiger partial charge is 0.223 e. The Balaban J connectivity index is 2.34. The van der Waals surface area contributed by atoms with Gasteiger partial charge in [0.1, 0.15) is 0 Å². The molecule has 108 valence electrons. The molecule has 0 aliphatic rings. The lowest BCUT2D eigenvalue weighted by atomic mass is 10.1. The number of carbonyl (C=O) groups is 1. The lowest BCUT2D eigenvalue weighted by molar-refractivity contribution is -0.130. The SMILES string of the molecule is Cc1cccc(CN(C)CCC(=O)N(C)CCC#N)c1. The zero-order chi connectivity index (χ0) is 15.0. The quantitative estimate of drug-likeness (QED) is 0.765. The van der Waals surface area contributed by atoms with Crippen LogP contribution in [0.2, 0.25) is 0 Å². The molecule has 0 aliphatic carbocycles. The molecule has 0 aliphatic heterocycles. The van der Waals surface area contributed by atoms with E-state index < -0.39 is 0 Å². The van der Waals surface area contributed by atoms with Crippen molar-refractivity contribution < 1.29 is 4.79 Å². The molecular weight excluding hydrogens is 250 g/mol. The maximum atomic E-state index is 11.8. The van der Waals surface area contributed by atoms with Crippen LogP contribution < -0.4 is 0 Å². The van der Waals surface area contributed by atoms with Crippen LogP contribution in [0.15, 0.2) is 24.3 Å². The van der Waals surface area contributed by atoms with E-state index in [1.54, 1.807) is 11.9 Å². The molecule has 0 saturated heterocycles. The highest BCUT2D eigenvalue weighted by Crippen LogP contribution is 2.07. The molecule has 0 atom stereocenters. The number of amides is 1. The molecule has 1 aromatic rings. The van der Waals surface area contributed by atoms with Gasteiger partial charge < -0.3 is 9.80 Å². The van der Waals surface area contributed by atoms with Gasteiger partial charge >= 0.3 is 0 Å². The zero-order valence-corrected chi connectivity index (χ0v) is 12.6. The number of carbonyl (C=O) groups excluding carboxylic acids is 1. The fourth-order valence-corrected chi connectivity index (χ4v) is 2.02. The molecule has 20 heavy (non-hydrogen) atoms. The predicted octanol–water partition coefficient (Wildman–Crippen LogP) is 2.19. The van der Waals surface area contributed by atoms with Crippen LogP contribution in [-0.4, -0.2) is 42.9 Å². The second-order valence-electron chi connectivity index (χ2n) is 5.20. The minimum atomic E-state index is 0.0938. The van der Waals surface area contributed by atoms with E-state index in [0.29, 0.717) is 19.4 Å². The lowest BCUT2D eigenvalue weighted by Gasteiger charge is -2.20. The van der Waals surface area contributed by atoms with Gasteiger partial charge in [-0.25, -0.2) is 0 Å². The van der Waals surface area contributed by atoms with Crippen molar-refractivity contribution >= 4 is 5.91 Å². The molecule has 0 radical (unpaired) electrons. The number of benzene rings is 1. The van der Waals surface area contributed by atoms with E-state index >= 15 is 0 Å².